The van der Waals surface area contributed by atoms with Gasteiger partial charge in [0.1, 0.15) is 5.75 Å². The highest BCUT2D eigenvalue weighted by molar-refractivity contribution is 5.91. The number of aryl methyl sites for hydroxylation is 3. The molecular formula is C18H19NO3. The summed E-state index contributed by atoms with van der Waals surface area (Å²) in [5.74, 6) is 0.164. The van der Waals surface area contributed by atoms with Crippen LogP contribution in [0.1, 0.15) is 39.5 Å². The Labute approximate surface area is 130 Å². The van der Waals surface area contributed by atoms with Crippen molar-refractivity contribution in [2.24, 2.45) is 5.16 Å². The summed E-state index contributed by atoms with van der Waals surface area (Å²) in [6.07, 6.45) is 2.27. The Morgan fingerprint density at radius 2 is 1.77 bits per heavy atom. The molecule has 4 nitrogen and oxygen atoms in total. The number of carbonyl (C=O) groups excluding carboxylic acids is 1. The minimum absolute atomic E-state index is 0.377. The fourth-order valence-electron chi connectivity index (χ4n) is 2.31. The van der Waals surface area contributed by atoms with Crippen LogP contribution in [-0.2, 0) is 6.42 Å². The van der Waals surface area contributed by atoms with Crippen LogP contribution in [0.2, 0.25) is 0 Å². The van der Waals surface area contributed by atoms with E-state index in [2.05, 4.69) is 12.1 Å². The fourth-order valence-corrected chi connectivity index (χ4v) is 2.31. The van der Waals surface area contributed by atoms with Gasteiger partial charge in [-0.3, -0.25) is 0 Å². The predicted octanol–water partition coefficient (Wildman–Crippen LogP) is 3.89. The fraction of sp³-hybridized carbons (Fsp3) is 0.222. The van der Waals surface area contributed by atoms with E-state index in [9.17, 15) is 4.79 Å². The highest BCUT2D eigenvalue weighted by atomic mass is 16.5. The largest absolute Gasteiger partial charge is 0.422 e. The summed E-state index contributed by atoms with van der Waals surface area (Å²) < 4.78 is 5.52. The molecule has 0 aliphatic carbocycles. The molecule has 0 heterocycles. The molecule has 4 heteroatoms. The van der Waals surface area contributed by atoms with Gasteiger partial charge in [-0.1, -0.05) is 24.2 Å². The van der Waals surface area contributed by atoms with Crippen LogP contribution in [0.15, 0.2) is 41.6 Å². The smallest absolute Gasteiger partial charge is 0.343 e. The molecule has 0 aliphatic heterocycles. The van der Waals surface area contributed by atoms with Gasteiger partial charge in [-0.05, 0) is 66.8 Å². The van der Waals surface area contributed by atoms with Crippen molar-refractivity contribution in [3.05, 3.63) is 64.2 Å². The van der Waals surface area contributed by atoms with E-state index in [0.29, 0.717) is 11.3 Å². The first-order chi connectivity index (χ1) is 10.5. The van der Waals surface area contributed by atoms with E-state index in [1.54, 1.807) is 24.3 Å². The van der Waals surface area contributed by atoms with Gasteiger partial charge in [0.25, 0.3) is 0 Å². The average molecular weight is 297 g/mol. The lowest BCUT2D eigenvalue weighted by atomic mass is 10.1. The van der Waals surface area contributed by atoms with Crippen LogP contribution >= 0.6 is 0 Å². The number of benzene rings is 2. The van der Waals surface area contributed by atoms with E-state index in [-0.39, 0.29) is 5.97 Å². The Balaban J connectivity index is 2.24. The zero-order valence-electron chi connectivity index (χ0n) is 13.0. The molecule has 0 fully saturated rings. The Kier molecular flexibility index (Phi) is 4.94. The van der Waals surface area contributed by atoms with Crippen molar-refractivity contribution in [3.63, 3.8) is 0 Å². The number of esters is 1. The average Bonchev–Trinajstić information content (AvgIpc) is 2.51. The molecule has 0 aromatic heterocycles. The van der Waals surface area contributed by atoms with Crippen LogP contribution in [0.4, 0.5) is 0 Å². The summed E-state index contributed by atoms with van der Waals surface area (Å²) in [5.41, 5.74) is 4.08. The first-order valence-corrected chi connectivity index (χ1v) is 7.15. The van der Waals surface area contributed by atoms with Crippen LogP contribution in [-0.4, -0.2) is 17.4 Å². The zero-order valence-corrected chi connectivity index (χ0v) is 13.0. The Hall–Kier alpha value is -2.62. The standard InChI is InChI=1S/C18H19NO3/c1-4-14-5-7-16(8-6-14)18(20)22-17-12(2)9-15(11-19-21)10-13(17)3/h5-11,21H,4H2,1-3H3/b19-11+. The summed E-state index contributed by atoms with van der Waals surface area (Å²) in [7, 11) is 0. The summed E-state index contributed by atoms with van der Waals surface area (Å²) in [4.78, 5) is 12.2. The lowest BCUT2D eigenvalue weighted by Crippen LogP contribution is -2.10. The molecule has 2 rings (SSSR count). The van der Waals surface area contributed by atoms with Gasteiger partial charge in [0.15, 0.2) is 0 Å². The minimum atomic E-state index is -0.377. The number of carbonyl (C=O) groups is 1. The van der Waals surface area contributed by atoms with Crippen LogP contribution in [0.25, 0.3) is 0 Å². The molecule has 0 saturated heterocycles. The second-order valence-corrected chi connectivity index (χ2v) is 5.17. The number of oxime groups is 1. The number of ether oxygens (including phenoxy) is 1. The lowest BCUT2D eigenvalue weighted by Gasteiger charge is -2.11. The van der Waals surface area contributed by atoms with Gasteiger partial charge in [0.2, 0.25) is 0 Å². The quantitative estimate of drug-likeness (QED) is 0.306. The van der Waals surface area contributed by atoms with E-state index < -0.39 is 0 Å². The Morgan fingerprint density at radius 3 is 2.27 bits per heavy atom. The molecule has 0 amide bonds. The molecule has 0 unspecified atom stereocenters. The molecule has 0 atom stereocenters. The molecule has 2 aromatic rings. The number of hydrogen-bond donors (Lipinski definition) is 1. The first-order valence-electron chi connectivity index (χ1n) is 7.15. The second kappa shape index (κ2) is 6.89. The van der Waals surface area contributed by atoms with Gasteiger partial charge in [-0.2, -0.15) is 0 Å². The summed E-state index contributed by atoms with van der Waals surface area (Å²) >= 11 is 0. The monoisotopic (exact) mass is 297 g/mol. The number of rotatable bonds is 4. The second-order valence-electron chi connectivity index (χ2n) is 5.17. The molecule has 0 bridgehead atoms. The van der Waals surface area contributed by atoms with Crippen molar-refractivity contribution >= 4 is 12.2 Å². The van der Waals surface area contributed by atoms with Crippen molar-refractivity contribution in [1.29, 1.82) is 0 Å². The van der Waals surface area contributed by atoms with Crippen LogP contribution in [0.5, 0.6) is 5.75 Å². The third-order valence-corrected chi connectivity index (χ3v) is 3.48. The van der Waals surface area contributed by atoms with Crippen molar-refractivity contribution in [2.75, 3.05) is 0 Å². The van der Waals surface area contributed by atoms with Gasteiger partial charge < -0.3 is 9.94 Å². The molecule has 2 aromatic carbocycles. The lowest BCUT2D eigenvalue weighted by molar-refractivity contribution is 0.0732. The van der Waals surface area contributed by atoms with E-state index in [4.69, 9.17) is 9.94 Å². The molecule has 0 aliphatic rings. The first kappa shape index (κ1) is 15.8. The van der Waals surface area contributed by atoms with Crippen molar-refractivity contribution in [2.45, 2.75) is 27.2 Å². The third kappa shape index (κ3) is 3.52. The third-order valence-electron chi connectivity index (χ3n) is 3.48. The molecular weight excluding hydrogens is 278 g/mol. The topological polar surface area (TPSA) is 58.9 Å². The maximum atomic E-state index is 12.2. The van der Waals surface area contributed by atoms with Gasteiger partial charge in [-0.15, -0.1) is 0 Å². The maximum absolute atomic E-state index is 12.2. The van der Waals surface area contributed by atoms with Gasteiger partial charge in [0.05, 0.1) is 11.8 Å². The van der Waals surface area contributed by atoms with Crippen LogP contribution in [0, 0.1) is 13.8 Å². The summed E-state index contributed by atoms with van der Waals surface area (Å²) in [6.45, 7) is 5.77. The van der Waals surface area contributed by atoms with Crippen LogP contribution < -0.4 is 4.74 Å². The normalized spacial score (nSPS) is 10.9. The molecule has 0 saturated carbocycles. The number of hydrogen-bond acceptors (Lipinski definition) is 4. The summed E-state index contributed by atoms with van der Waals surface area (Å²) in [6, 6.07) is 11.0. The molecule has 1 N–H and O–H groups in total. The number of nitrogens with zero attached hydrogens (tertiary/aromatic N) is 1. The SMILES string of the molecule is CCc1ccc(C(=O)Oc2c(C)cc(/C=N/O)cc2C)cc1. The molecule has 22 heavy (non-hydrogen) atoms. The molecule has 0 radical (unpaired) electrons. The minimum Gasteiger partial charge on any atom is -0.422 e. The van der Waals surface area contributed by atoms with Crippen molar-refractivity contribution < 1.29 is 14.7 Å². The maximum Gasteiger partial charge on any atom is 0.343 e. The highest BCUT2D eigenvalue weighted by Crippen LogP contribution is 2.25. The van der Waals surface area contributed by atoms with Gasteiger partial charge in [-0.25, -0.2) is 4.79 Å². The predicted molar refractivity (Wildman–Crippen MR) is 86.1 cm³/mol. The van der Waals surface area contributed by atoms with Crippen molar-refractivity contribution in [3.8, 4) is 5.75 Å². The Morgan fingerprint density at radius 1 is 1.18 bits per heavy atom. The van der Waals surface area contributed by atoms with Gasteiger partial charge >= 0.3 is 5.97 Å². The van der Waals surface area contributed by atoms with Crippen molar-refractivity contribution in [1.82, 2.24) is 0 Å². The van der Waals surface area contributed by atoms with E-state index in [0.717, 1.165) is 23.1 Å². The van der Waals surface area contributed by atoms with E-state index in [1.807, 2.05) is 26.0 Å². The van der Waals surface area contributed by atoms with E-state index in [1.165, 1.54) is 11.8 Å². The Bertz CT molecular complexity index is 680. The van der Waals surface area contributed by atoms with Gasteiger partial charge in [0, 0.05) is 0 Å². The summed E-state index contributed by atoms with van der Waals surface area (Å²) in [5, 5.41) is 11.6. The zero-order chi connectivity index (χ0) is 16.1. The highest BCUT2D eigenvalue weighted by Gasteiger charge is 2.13. The van der Waals surface area contributed by atoms with E-state index >= 15 is 0 Å². The molecule has 0 spiro atoms. The molecule has 114 valence electrons. The van der Waals surface area contributed by atoms with Crippen LogP contribution in [0.3, 0.4) is 0 Å².